The number of aromatic nitrogens is 1. The summed E-state index contributed by atoms with van der Waals surface area (Å²) >= 11 is 0. The van der Waals surface area contributed by atoms with Crippen molar-refractivity contribution in [2.75, 3.05) is 27.3 Å². The molecular weight excluding hydrogens is 374 g/mol. The summed E-state index contributed by atoms with van der Waals surface area (Å²) in [6.45, 7) is 4.65. The highest BCUT2D eigenvalue weighted by molar-refractivity contribution is 5.93. The van der Waals surface area contributed by atoms with Crippen molar-refractivity contribution in [3.63, 3.8) is 0 Å². The van der Waals surface area contributed by atoms with E-state index in [0.717, 1.165) is 71.7 Å². The van der Waals surface area contributed by atoms with Crippen LogP contribution in [0.1, 0.15) is 24.0 Å². The Morgan fingerprint density at radius 2 is 1.93 bits per heavy atom. The van der Waals surface area contributed by atoms with Crippen LogP contribution in [-0.4, -0.2) is 37.2 Å². The zero-order valence-corrected chi connectivity index (χ0v) is 17.8. The van der Waals surface area contributed by atoms with E-state index in [-0.39, 0.29) is 5.92 Å². The second-order valence-corrected chi connectivity index (χ2v) is 7.94. The number of rotatable bonds is 5. The Kier molecular flexibility index (Phi) is 5.87. The number of methoxy groups -OCH3 is 2. The predicted octanol–water partition coefficient (Wildman–Crippen LogP) is 4.96. The highest BCUT2D eigenvalue weighted by Crippen LogP contribution is 2.36. The summed E-state index contributed by atoms with van der Waals surface area (Å²) in [4.78, 5) is 7.44. The van der Waals surface area contributed by atoms with Crippen molar-refractivity contribution in [2.24, 2.45) is 5.92 Å². The van der Waals surface area contributed by atoms with Crippen molar-refractivity contribution in [1.29, 1.82) is 5.26 Å². The minimum atomic E-state index is 0.101. The number of aryl methyl sites for hydroxylation is 1. The molecule has 4 rings (SSSR count). The maximum Gasteiger partial charge on any atom is 0.145 e. The number of nitrogens with zero attached hydrogens (tertiary/aromatic N) is 3. The molecule has 5 heteroatoms. The van der Waals surface area contributed by atoms with Crippen molar-refractivity contribution in [3.05, 3.63) is 53.6 Å². The highest BCUT2D eigenvalue weighted by atomic mass is 16.5. The minimum Gasteiger partial charge on any atom is -0.496 e. The quantitative estimate of drug-likeness (QED) is 0.605. The molecule has 2 heterocycles. The molecule has 2 aromatic carbocycles. The Labute approximate surface area is 177 Å². The van der Waals surface area contributed by atoms with Gasteiger partial charge in [0.25, 0.3) is 0 Å². The van der Waals surface area contributed by atoms with Crippen molar-refractivity contribution in [3.8, 4) is 28.8 Å². The number of nitriles is 1. The number of hydrogen-bond acceptors (Lipinski definition) is 5. The van der Waals surface area contributed by atoms with Gasteiger partial charge >= 0.3 is 0 Å². The van der Waals surface area contributed by atoms with E-state index in [2.05, 4.69) is 48.2 Å². The standard InChI is InChI=1S/C25H27N3O2/c1-17-6-4-8-19(12-17)24-20(16-28-11-5-7-18(14-26)15-28)13-21-22(29-2)9-10-23(30-3)25(21)27-24/h4,6,8-10,12-13,18H,5,7,11,15-16H2,1-3H3. The summed E-state index contributed by atoms with van der Waals surface area (Å²) < 4.78 is 11.2. The van der Waals surface area contributed by atoms with Gasteiger partial charge in [0.15, 0.2) is 0 Å². The van der Waals surface area contributed by atoms with E-state index in [0.29, 0.717) is 0 Å². The van der Waals surface area contributed by atoms with Crippen LogP contribution in [0.2, 0.25) is 0 Å². The summed E-state index contributed by atoms with van der Waals surface area (Å²) in [6, 6.07) is 16.9. The van der Waals surface area contributed by atoms with Gasteiger partial charge in [-0.15, -0.1) is 0 Å². The minimum absolute atomic E-state index is 0.101. The molecule has 0 radical (unpaired) electrons. The zero-order valence-electron chi connectivity index (χ0n) is 17.8. The molecule has 1 atom stereocenters. The molecule has 0 amide bonds. The van der Waals surface area contributed by atoms with Crippen molar-refractivity contribution in [2.45, 2.75) is 26.3 Å². The fraction of sp³-hybridized carbons (Fsp3) is 0.360. The Morgan fingerprint density at radius 3 is 2.67 bits per heavy atom. The van der Waals surface area contributed by atoms with Gasteiger partial charge in [0.05, 0.1) is 31.9 Å². The molecule has 1 unspecified atom stereocenters. The van der Waals surface area contributed by atoms with Gasteiger partial charge in [-0.1, -0.05) is 23.8 Å². The van der Waals surface area contributed by atoms with Crippen LogP contribution >= 0.6 is 0 Å². The average Bonchev–Trinajstić information content (AvgIpc) is 2.78. The monoisotopic (exact) mass is 401 g/mol. The first kappa shape index (κ1) is 20.2. The Hall–Kier alpha value is -3.10. The Morgan fingerprint density at radius 1 is 1.13 bits per heavy atom. The van der Waals surface area contributed by atoms with Crippen molar-refractivity contribution < 1.29 is 9.47 Å². The molecule has 3 aromatic rings. The van der Waals surface area contributed by atoms with Crippen molar-refractivity contribution in [1.82, 2.24) is 9.88 Å². The molecule has 0 spiro atoms. The largest absolute Gasteiger partial charge is 0.496 e. The predicted molar refractivity (Wildman–Crippen MR) is 119 cm³/mol. The molecular formula is C25H27N3O2. The lowest BCUT2D eigenvalue weighted by atomic mass is 9.97. The fourth-order valence-electron chi connectivity index (χ4n) is 4.30. The SMILES string of the molecule is COc1ccc(OC)c2nc(-c3cccc(C)c3)c(CN3CCCC(C#N)C3)cc12. The van der Waals surface area contributed by atoms with E-state index in [1.54, 1.807) is 14.2 Å². The molecule has 0 bridgehead atoms. The molecule has 1 aromatic heterocycles. The van der Waals surface area contributed by atoms with Crippen LogP contribution in [0.4, 0.5) is 0 Å². The van der Waals surface area contributed by atoms with E-state index in [1.165, 1.54) is 5.56 Å². The molecule has 0 N–H and O–H groups in total. The first-order chi connectivity index (χ1) is 14.6. The van der Waals surface area contributed by atoms with Gasteiger partial charge in [0, 0.05) is 24.0 Å². The van der Waals surface area contributed by atoms with Crippen molar-refractivity contribution >= 4 is 10.9 Å². The van der Waals surface area contributed by atoms with Crippen LogP contribution in [0, 0.1) is 24.2 Å². The average molecular weight is 402 g/mol. The summed E-state index contributed by atoms with van der Waals surface area (Å²) in [6.07, 6.45) is 2.04. The number of piperidine rings is 1. The van der Waals surface area contributed by atoms with Gasteiger partial charge < -0.3 is 9.47 Å². The van der Waals surface area contributed by atoms with Gasteiger partial charge in [-0.05, 0) is 56.1 Å². The number of hydrogen-bond donors (Lipinski definition) is 0. The summed E-state index contributed by atoms with van der Waals surface area (Å²) in [5, 5.41) is 10.3. The van der Waals surface area contributed by atoms with E-state index < -0.39 is 0 Å². The van der Waals surface area contributed by atoms with Crippen LogP contribution in [0.3, 0.4) is 0 Å². The second kappa shape index (κ2) is 8.73. The van der Waals surface area contributed by atoms with Crippen LogP contribution in [0.25, 0.3) is 22.2 Å². The normalized spacial score (nSPS) is 16.9. The molecule has 1 saturated heterocycles. The van der Waals surface area contributed by atoms with Crippen LogP contribution in [-0.2, 0) is 6.54 Å². The van der Waals surface area contributed by atoms with Crippen LogP contribution < -0.4 is 9.47 Å². The maximum absolute atomic E-state index is 9.39. The van der Waals surface area contributed by atoms with Gasteiger partial charge in [-0.3, -0.25) is 4.90 Å². The third kappa shape index (κ3) is 3.96. The summed E-state index contributed by atoms with van der Waals surface area (Å²) in [7, 11) is 3.34. The third-order valence-corrected chi connectivity index (χ3v) is 5.80. The van der Waals surface area contributed by atoms with Crippen LogP contribution in [0.5, 0.6) is 11.5 Å². The van der Waals surface area contributed by atoms with Gasteiger partial charge in [-0.25, -0.2) is 4.98 Å². The molecule has 30 heavy (non-hydrogen) atoms. The Balaban J connectivity index is 1.87. The smallest absolute Gasteiger partial charge is 0.145 e. The lowest BCUT2D eigenvalue weighted by molar-refractivity contribution is 0.192. The molecule has 154 valence electrons. The fourth-order valence-corrected chi connectivity index (χ4v) is 4.30. The lowest BCUT2D eigenvalue weighted by Crippen LogP contribution is -2.34. The number of fused-ring (bicyclic) bond motifs is 1. The molecule has 5 nitrogen and oxygen atoms in total. The van der Waals surface area contributed by atoms with E-state index in [9.17, 15) is 5.26 Å². The lowest BCUT2D eigenvalue weighted by Gasteiger charge is -2.30. The zero-order chi connectivity index (χ0) is 21.1. The molecule has 1 fully saturated rings. The topological polar surface area (TPSA) is 58.4 Å². The first-order valence-electron chi connectivity index (χ1n) is 10.4. The molecule has 0 aliphatic carbocycles. The summed E-state index contributed by atoms with van der Waals surface area (Å²) in [5.74, 6) is 1.61. The first-order valence-corrected chi connectivity index (χ1v) is 10.4. The molecule has 0 saturated carbocycles. The molecule has 1 aliphatic rings. The maximum atomic E-state index is 9.39. The number of pyridine rings is 1. The molecule has 1 aliphatic heterocycles. The highest BCUT2D eigenvalue weighted by Gasteiger charge is 2.22. The Bertz CT molecular complexity index is 1100. The number of likely N-dealkylation sites (tertiary alicyclic amines) is 1. The number of ether oxygens (including phenoxy) is 2. The van der Waals surface area contributed by atoms with Gasteiger partial charge in [-0.2, -0.15) is 5.26 Å². The number of benzene rings is 2. The van der Waals surface area contributed by atoms with E-state index >= 15 is 0 Å². The van der Waals surface area contributed by atoms with E-state index in [1.807, 2.05) is 12.1 Å². The van der Waals surface area contributed by atoms with E-state index in [4.69, 9.17) is 14.5 Å². The van der Waals surface area contributed by atoms with Crippen LogP contribution in [0.15, 0.2) is 42.5 Å². The summed E-state index contributed by atoms with van der Waals surface area (Å²) in [5.41, 5.74) is 5.17. The third-order valence-electron chi connectivity index (χ3n) is 5.80. The second-order valence-electron chi connectivity index (χ2n) is 7.94. The van der Waals surface area contributed by atoms with Gasteiger partial charge in [0.2, 0.25) is 0 Å². The van der Waals surface area contributed by atoms with Gasteiger partial charge in [0.1, 0.15) is 17.0 Å².